The number of methoxy groups -OCH3 is 1. The number of fused-ring (bicyclic) bond motifs is 3. The van der Waals surface area contributed by atoms with Crippen LogP contribution in [0.15, 0.2) is 29.2 Å². The topological polar surface area (TPSA) is 61.9 Å². The van der Waals surface area contributed by atoms with E-state index in [1.807, 2.05) is 0 Å². The lowest BCUT2D eigenvalue weighted by atomic mass is 9.75. The molecule has 4 aliphatic heterocycles. The molecule has 0 saturated carbocycles. The van der Waals surface area contributed by atoms with Crippen molar-refractivity contribution in [2.45, 2.75) is 43.0 Å². The molecule has 156 valence electrons. The molecular weight excluding hydrogens is 374 g/mol. The molecule has 2 bridgehead atoms. The first-order valence-electron chi connectivity index (χ1n) is 10.7. The van der Waals surface area contributed by atoms with E-state index in [0.29, 0.717) is 23.2 Å². The van der Waals surface area contributed by atoms with Crippen molar-refractivity contribution in [3.63, 3.8) is 0 Å². The fourth-order valence-corrected chi connectivity index (χ4v) is 6.26. The van der Waals surface area contributed by atoms with Gasteiger partial charge in [0, 0.05) is 25.7 Å². The molecule has 4 atom stereocenters. The van der Waals surface area contributed by atoms with Gasteiger partial charge in [-0.25, -0.2) is 13.1 Å². The molecule has 0 radical (unpaired) electrons. The van der Waals surface area contributed by atoms with Crippen molar-refractivity contribution >= 4 is 10.0 Å². The maximum Gasteiger partial charge on any atom is 0.240 e. The third-order valence-corrected chi connectivity index (χ3v) is 8.27. The Balaban J connectivity index is 1.31. The first kappa shape index (κ1) is 20.1. The lowest BCUT2D eigenvalue weighted by Gasteiger charge is -2.51. The highest BCUT2D eigenvalue weighted by molar-refractivity contribution is 7.89. The Morgan fingerprint density at radius 3 is 2.50 bits per heavy atom. The third-order valence-electron chi connectivity index (χ3n) is 6.83. The van der Waals surface area contributed by atoms with Crippen LogP contribution in [0.3, 0.4) is 0 Å². The van der Waals surface area contributed by atoms with Crippen molar-refractivity contribution in [2.75, 3.05) is 46.4 Å². The van der Waals surface area contributed by atoms with E-state index < -0.39 is 10.0 Å². The molecule has 4 unspecified atom stereocenters. The van der Waals surface area contributed by atoms with Crippen LogP contribution in [0, 0.1) is 11.8 Å². The molecule has 4 fully saturated rings. The van der Waals surface area contributed by atoms with E-state index in [4.69, 9.17) is 4.74 Å². The van der Waals surface area contributed by atoms with Gasteiger partial charge in [-0.3, -0.25) is 4.90 Å². The Kier molecular flexibility index (Phi) is 6.25. The number of likely N-dealkylation sites (tertiary alicyclic amines) is 1. The average Bonchev–Trinajstić information content (AvgIpc) is 2.74. The second-order valence-corrected chi connectivity index (χ2v) is 10.3. The van der Waals surface area contributed by atoms with Gasteiger partial charge in [0.05, 0.1) is 12.0 Å². The molecule has 4 saturated heterocycles. The van der Waals surface area contributed by atoms with E-state index in [1.54, 1.807) is 31.4 Å². The molecule has 0 aliphatic carbocycles. The van der Waals surface area contributed by atoms with Crippen molar-refractivity contribution < 1.29 is 13.2 Å². The van der Waals surface area contributed by atoms with Gasteiger partial charge >= 0.3 is 0 Å². The predicted molar refractivity (Wildman–Crippen MR) is 110 cm³/mol. The minimum Gasteiger partial charge on any atom is -0.497 e. The number of nitrogens with one attached hydrogen (secondary N) is 1. The van der Waals surface area contributed by atoms with Crippen molar-refractivity contribution in [3.8, 4) is 5.75 Å². The molecule has 1 N–H and O–H groups in total. The molecule has 5 rings (SSSR count). The highest BCUT2D eigenvalue weighted by Crippen LogP contribution is 2.37. The first-order chi connectivity index (χ1) is 13.5. The van der Waals surface area contributed by atoms with E-state index in [1.165, 1.54) is 45.3 Å². The predicted octanol–water partition coefficient (Wildman–Crippen LogP) is 2.17. The summed E-state index contributed by atoms with van der Waals surface area (Å²) in [4.78, 5) is 5.47. The molecular formula is C21H33N3O3S. The maximum absolute atomic E-state index is 12.6. The Morgan fingerprint density at radius 1 is 1.11 bits per heavy atom. The molecule has 6 nitrogen and oxygen atoms in total. The Hall–Kier alpha value is -1.15. The zero-order chi connectivity index (χ0) is 19.6. The van der Waals surface area contributed by atoms with Crippen LogP contribution < -0.4 is 9.46 Å². The van der Waals surface area contributed by atoms with E-state index in [0.717, 1.165) is 31.3 Å². The molecule has 4 aliphatic rings. The van der Waals surface area contributed by atoms with Gasteiger partial charge in [0.25, 0.3) is 0 Å². The highest BCUT2D eigenvalue weighted by atomic mass is 32.2. The van der Waals surface area contributed by atoms with Gasteiger partial charge in [-0.2, -0.15) is 0 Å². The number of ether oxygens (including phenoxy) is 1. The van der Waals surface area contributed by atoms with Gasteiger partial charge in [0.1, 0.15) is 5.75 Å². The van der Waals surface area contributed by atoms with E-state index in [9.17, 15) is 8.42 Å². The zero-order valence-corrected chi connectivity index (χ0v) is 17.7. The number of hydrogen-bond acceptors (Lipinski definition) is 5. The second-order valence-electron chi connectivity index (χ2n) is 8.58. The minimum atomic E-state index is -3.48. The van der Waals surface area contributed by atoms with Gasteiger partial charge in [-0.1, -0.05) is 6.42 Å². The smallest absolute Gasteiger partial charge is 0.240 e. The summed E-state index contributed by atoms with van der Waals surface area (Å²) < 4.78 is 33.2. The molecule has 0 aromatic heterocycles. The van der Waals surface area contributed by atoms with E-state index in [2.05, 4.69) is 14.5 Å². The molecule has 1 aromatic rings. The molecule has 1 aromatic carbocycles. The number of sulfonamides is 1. The summed E-state index contributed by atoms with van der Waals surface area (Å²) in [5, 5.41) is 0. The Labute approximate surface area is 169 Å². The van der Waals surface area contributed by atoms with Crippen LogP contribution >= 0.6 is 0 Å². The third kappa shape index (κ3) is 4.53. The summed E-state index contributed by atoms with van der Waals surface area (Å²) in [7, 11) is -1.90. The van der Waals surface area contributed by atoms with Gasteiger partial charge in [0.2, 0.25) is 10.0 Å². The van der Waals surface area contributed by atoms with Crippen molar-refractivity contribution in [2.24, 2.45) is 11.8 Å². The Bertz CT molecular complexity index is 747. The largest absolute Gasteiger partial charge is 0.497 e. The number of benzene rings is 1. The molecule has 4 heterocycles. The van der Waals surface area contributed by atoms with Crippen LogP contribution in [0.4, 0.5) is 0 Å². The first-order valence-corrected chi connectivity index (χ1v) is 12.1. The monoisotopic (exact) mass is 407 g/mol. The van der Waals surface area contributed by atoms with Crippen LogP contribution in [0.2, 0.25) is 0 Å². The molecule has 0 amide bonds. The van der Waals surface area contributed by atoms with Crippen LogP contribution in [0.1, 0.15) is 32.1 Å². The molecule has 0 spiro atoms. The lowest BCUT2D eigenvalue weighted by molar-refractivity contribution is -0.0122. The average molecular weight is 408 g/mol. The standard InChI is InChI=1S/C21H33N3O3S/c1-27-20-5-7-21(8-6-20)28(25,26)22-14-19-13-17-9-12-24(19)16-18(17)15-23-10-3-2-4-11-23/h5-8,17-19,22H,2-4,9-16H2,1H3. The lowest BCUT2D eigenvalue weighted by Crippen LogP contribution is -2.58. The van der Waals surface area contributed by atoms with Crippen molar-refractivity contribution in [1.29, 1.82) is 0 Å². The number of rotatable bonds is 7. The van der Waals surface area contributed by atoms with Crippen molar-refractivity contribution in [3.05, 3.63) is 24.3 Å². The van der Waals surface area contributed by atoms with Crippen LogP contribution in [0.5, 0.6) is 5.75 Å². The van der Waals surface area contributed by atoms with Gasteiger partial charge in [0.15, 0.2) is 0 Å². The molecule has 7 heteroatoms. The SMILES string of the molecule is COc1ccc(S(=O)(=O)NCC2CC3CCN2CC3CN2CCCCC2)cc1. The van der Waals surface area contributed by atoms with E-state index >= 15 is 0 Å². The quantitative estimate of drug-likeness (QED) is 0.751. The minimum absolute atomic E-state index is 0.298. The summed E-state index contributed by atoms with van der Waals surface area (Å²) >= 11 is 0. The Morgan fingerprint density at radius 2 is 1.86 bits per heavy atom. The summed E-state index contributed by atoms with van der Waals surface area (Å²) in [5.74, 6) is 2.15. The van der Waals surface area contributed by atoms with Gasteiger partial charge in [-0.15, -0.1) is 0 Å². The highest BCUT2D eigenvalue weighted by Gasteiger charge is 2.40. The fourth-order valence-electron chi connectivity index (χ4n) is 5.19. The normalized spacial score (nSPS) is 31.0. The summed E-state index contributed by atoms with van der Waals surface area (Å²) in [5.41, 5.74) is 0. The number of piperidine rings is 4. The number of nitrogens with zero attached hydrogens (tertiary/aromatic N) is 2. The fraction of sp³-hybridized carbons (Fsp3) is 0.714. The zero-order valence-electron chi connectivity index (χ0n) is 16.8. The summed E-state index contributed by atoms with van der Waals surface area (Å²) in [6.45, 7) is 6.47. The van der Waals surface area contributed by atoms with Crippen molar-refractivity contribution in [1.82, 2.24) is 14.5 Å². The summed E-state index contributed by atoms with van der Waals surface area (Å²) in [6, 6.07) is 6.90. The maximum atomic E-state index is 12.6. The second kappa shape index (κ2) is 8.69. The van der Waals surface area contributed by atoms with Crippen LogP contribution in [0.25, 0.3) is 0 Å². The number of hydrogen-bond donors (Lipinski definition) is 1. The van der Waals surface area contributed by atoms with Gasteiger partial charge < -0.3 is 9.64 Å². The van der Waals surface area contributed by atoms with Crippen LogP contribution in [-0.2, 0) is 10.0 Å². The molecule has 28 heavy (non-hydrogen) atoms. The van der Waals surface area contributed by atoms with E-state index in [-0.39, 0.29) is 0 Å². The van der Waals surface area contributed by atoms with Crippen LogP contribution in [-0.4, -0.2) is 70.6 Å². The summed E-state index contributed by atoms with van der Waals surface area (Å²) in [6.07, 6.45) is 6.45. The van der Waals surface area contributed by atoms with Gasteiger partial charge in [-0.05, 0) is 81.4 Å².